The molecule has 2 N–H and O–H groups in total. The van der Waals surface area contributed by atoms with Crippen LogP contribution in [0.2, 0.25) is 0 Å². The molecule has 4 heteroatoms. The van der Waals surface area contributed by atoms with Crippen molar-refractivity contribution in [2.45, 2.75) is 6.42 Å². The predicted octanol–water partition coefficient (Wildman–Crippen LogP) is 1.94. The Morgan fingerprint density at radius 3 is 3.00 bits per heavy atom. The smallest absolute Gasteiger partial charge is 0.244 e. The molecule has 1 aromatic carbocycles. The van der Waals surface area contributed by atoms with Gasteiger partial charge in [0.2, 0.25) is 5.91 Å². The molecule has 18 heavy (non-hydrogen) atoms. The lowest BCUT2D eigenvalue weighted by Gasteiger charge is -1.98. The van der Waals surface area contributed by atoms with Crippen LogP contribution < -0.4 is 5.32 Å². The molecule has 0 radical (unpaired) electrons. The Morgan fingerprint density at radius 2 is 2.22 bits per heavy atom. The summed E-state index contributed by atoms with van der Waals surface area (Å²) < 4.78 is 5.54. The Labute approximate surface area is 105 Å². The minimum atomic E-state index is -0.191. The molecule has 0 fully saturated rings. The van der Waals surface area contributed by atoms with Crippen LogP contribution in [0, 0.1) is 0 Å². The fourth-order valence-electron chi connectivity index (χ4n) is 1.59. The molecular formula is C14H15NO3. The van der Waals surface area contributed by atoms with Crippen LogP contribution in [-0.2, 0) is 4.79 Å². The van der Waals surface area contributed by atoms with E-state index in [9.17, 15) is 4.79 Å². The molecule has 1 heterocycles. The second kappa shape index (κ2) is 6.02. The van der Waals surface area contributed by atoms with Crippen molar-refractivity contribution in [2.75, 3.05) is 13.2 Å². The third-order valence-electron chi connectivity index (χ3n) is 2.48. The summed E-state index contributed by atoms with van der Waals surface area (Å²) in [7, 11) is 0. The average molecular weight is 245 g/mol. The number of aliphatic hydroxyl groups excluding tert-OH is 1. The number of para-hydroxylation sites is 1. The van der Waals surface area contributed by atoms with E-state index in [0.29, 0.717) is 18.7 Å². The van der Waals surface area contributed by atoms with Crippen molar-refractivity contribution in [1.82, 2.24) is 5.32 Å². The number of furan rings is 1. The van der Waals surface area contributed by atoms with E-state index in [2.05, 4.69) is 5.32 Å². The van der Waals surface area contributed by atoms with Gasteiger partial charge in [0, 0.05) is 24.6 Å². The van der Waals surface area contributed by atoms with Crippen molar-refractivity contribution < 1.29 is 14.3 Å². The molecule has 0 bridgehead atoms. The molecule has 0 aliphatic heterocycles. The molecule has 0 spiro atoms. The van der Waals surface area contributed by atoms with Crippen molar-refractivity contribution in [1.29, 1.82) is 0 Å². The number of hydrogen-bond acceptors (Lipinski definition) is 3. The van der Waals surface area contributed by atoms with E-state index in [4.69, 9.17) is 9.52 Å². The number of aliphatic hydroxyl groups is 1. The van der Waals surface area contributed by atoms with Crippen LogP contribution in [0.15, 0.2) is 40.8 Å². The summed E-state index contributed by atoms with van der Waals surface area (Å²) in [6, 6.07) is 9.56. The molecule has 1 amide bonds. The largest absolute Gasteiger partial charge is 0.457 e. The molecular weight excluding hydrogens is 230 g/mol. The van der Waals surface area contributed by atoms with Crippen molar-refractivity contribution in [2.24, 2.45) is 0 Å². The van der Waals surface area contributed by atoms with Gasteiger partial charge in [-0.05, 0) is 24.6 Å². The summed E-state index contributed by atoms with van der Waals surface area (Å²) in [5.74, 6) is 0.456. The summed E-state index contributed by atoms with van der Waals surface area (Å²) in [6.45, 7) is 0.549. The quantitative estimate of drug-likeness (QED) is 0.625. The van der Waals surface area contributed by atoms with Crippen molar-refractivity contribution >= 4 is 23.0 Å². The highest BCUT2D eigenvalue weighted by atomic mass is 16.3. The first-order chi connectivity index (χ1) is 8.79. The third kappa shape index (κ3) is 3.21. The minimum Gasteiger partial charge on any atom is -0.457 e. The van der Waals surface area contributed by atoms with Crippen LogP contribution in [0.5, 0.6) is 0 Å². The molecule has 0 saturated heterocycles. The molecule has 94 valence electrons. The first kappa shape index (κ1) is 12.4. The van der Waals surface area contributed by atoms with E-state index in [1.807, 2.05) is 30.3 Å². The Morgan fingerprint density at radius 1 is 1.39 bits per heavy atom. The van der Waals surface area contributed by atoms with Gasteiger partial charge >= 0.3 is 0 Å². The highest BCUT2D eigenvalue weighted by Gasteiger charge is 2.00. The van der Waals surface area contributed by atoms with E-state index in [1.54, 1.807) is 6.08 Å². The number of amides is 1. The standard InChI is InChI=1S/C14H15NO3/c16-9-3-8-15-14(17)7-6-12-10-11-4-1-2-5-13(11)18-12/h1-2,4-7,10,16H,3,8-9H2,(H,15,17)/b7-6+. The Kier molecular flexibility index (Phi) is 4.15. The number of nitrogens with one attached hydrogen (secondary N) is 1. The highest BCUT2D eigenvalue weighted by molar-refractivity contribution is 5.92. The highest BCUT2D eigenvalue weighted by Crippen LogP contribution is 2.19. The van der Waals surface area contributed by atoms with E-state index in [0.717, 1.165) is 11.0 Å². The van der Waals surface area contributed by atoms with Crippen molar-refractivity contribution in [3.8, 4) is 0 Å². The van der Waals surface area contributed by atoms with Crippen LogP contribution in [0.1, 0.15) is 12.2 Å². The third-order valence-corrected chi connectivity index (χ3v) is 2.48. The second-order valence-electron chi connectivity index (χ2n) is 3.89. The van der Waals surface area contributed by atoms with Crippen LogP contribution in [0.25, 0.3) is 17.0 Å². The molecule has 0 saturated carbocycles. The summed E-state index contributed by atoms with van der Waals surface area (Å²) in [4.78, 5) is 11.4. The molecule has 0 unspecified atom stereocenters. The van der Waals surface area contributed by atoms with Gasteiger partial charge in [0.05, 0.1) is 0 Å². The molecule has 1 aromatic heterocycles. The van der Waals surface area contributed by atoms with Gasteiger partial charge in [-0.25, -0.2) is 0 Å². The molecule has 0 atom stereocenters. The number of fused-ring (bicyclic) bond motifs is 1. The average Bonchev–Trinajstić information content (AvgIpc) is 2.79. The van der Waals surface area contributed by atoms with Crippen molar-refractivity contribution in [3.63, 3.8) is 0 Å². The zero-order chi connectivity index (χ0) is 12.8. The number of carbonyl (C=O) groups excluding carboxylic acids is 1. The van der Waals surface area contributed by atoms with E-state index >= 15 is 0 Å². The number of carbonyl (C=O) groups is 1. The van der Waals surface area contributed by atoms with Gasteiger partial charge < -0.3 is 14.8 Å². The molecule has 2 aromatic rings. The van der Waals surface area contributed by atoms with Gasteiger partial charge in [0.25, 0.3) is 0 Å². The van der Waals surface area contributed by atoms with E-state index < -0.39 is 0 Å². The van der Waals surface area contributed by atoms with E-state index in [1.165, 1.54) is 6.08 Å². The fourth-order valence-corrected chi connectivity index (χ4v) is 1.59. The lowest BCUT2D eigenvalue weighted by Crippen LogP contribution is -2.22. The topological polar surface area (TPSA) is 62.5 Å². The van der Waals surface area contributed by atoms with Crippen LogP contribution in [0.4, 0.5) is 0 Å². The normalized spacial score (nSPS) is 11.2. The minimum absolute atomic E-state index is 0.0770. The summed E-state index contributed by atoms with van der Waals surface area (Å²) >= 11 is 0. The van der Waals surface area contributed by atoms with Gasteiger partial charge in [0.1, 0.15) is 11.3 Å². The lowest BCUT2D eigenvalue weighted by molar-refractivity contribution is -0.116. The number of benzene rings is 1. The number of rotatable bonds is 5. The van der Waals surface area contributed by atoms with Gasteiger partial charge in [-0.3, -0.25) is 4.79 Å². The van der Waals surface area contributed by atoms with E-state index in [-0.39, 0.29) is 12.5 Å². The zero-order valence-corrected chi connectivity index (χ0v) is 9.93. The summed E-state index contributed by atoms with van der Waals surface area (Å²) in [5, 5.41) is 12.3. The second-order valence-corrected chi connectivity index (χ2v) is 3.89. The van der Waals surface area contributed by atoms with Crippen LogP contribution in [0.3, 0.4) is 0 Å². The predicted molar refractivity (Wildman–Crippen MR) is 70.0 cm³/mol. The van der Waals surface area contributed by atoms with Gasteiger partial charge in [-0.2, -0.15) is 0 Å². The van der Waals surface area contributed by atoms with Gasteiger partial charge in [-0.15, -0.1) is 0 Å². The first-order valence-corrected chi connectivity index (χ1v) is 5.85. The van der Waals surface area contributed by atoms with Gasteiger partial charge in [0.15, 0.2) is 0 Å². The first-order valence-electron chi connectivity index (χ1n) is 5.85. The molecule has 0 aliphatic rings. The van der Waals surface area contributed by atoms with Crippen LogP contribution >= 0.6 is 0 Å². The zero-order valence-electron chi connectivity index (χ0n) is 9.93. The Hall–Kier alpha value is -2.07. The Balaban J connectivity index is 1.98. The maximum atomic E-state index is 11.4. The summed E-state index contributed by atoms with van der Waals surface area (Å²) in [6.07, 6.45) is 3.62. The van der Waals surface area contributed by atoms with Crippen molar-refractivity contribution in [3.05, 3.63) is 42.2 Å². The van der Waals surface area contributed by atoms with Gasteiger partial charge in [-0.1, -0.05) is 18.2 Å². The van der Waals surface area contributed by atoms with Crippen LogP contribution in [-0.4, -0.2) is 24.2 Å². The monoisotopic (exact) mass is 245 g/mol. The molecule has 2 rings (SSSR count). The number of hydrogen-bond donors (Lipinski definition) is 2. The lowest BCUT2D eigenvalue weighted by atomic mass is 10.2. The maximum absolute atomic E-state index is 11.4. The Bertz CT molecular complexity index is 524. The SMILES string of the molecule is O=C(/C=C/c1cc2ccccc2o1)NCCCO. The maximum Gasteiger partial charge on any atom is 0.244 e. The molecule has 4 nitrogen and oxygen atoms in total. The molecule has 0 aliphatic carbocycles. The summed E-state index contributed by atoms with van der Waals surface area (Å²) in [5.41, 5.74) is 0.804. The fraction of sp³-hybridized carbons (Fsp3) is 0.214.